The topological polar surface area (TPSA) is 91.5 Å². The molecule has 5 N–H and O–H groups in total. The minimum absolute atomic E-state index is 0.152. The molecule has 0 aliphatic carbocycles. The van der Waals surface area contributed by atoms with E-state index in [0.29, 0.717) is 5.69 Å². The molecule has 0 spiro atoms. The number of nitrogens with two attached hydrogens (primary N) is 2. The molecular weight excluding hydrogens is 197 g/mol. The van der Waals surface area contributed by atoms with E-state index in [0.717, 1.165) is 0 Å². The largest absolute Gasteiger partial charge is 0.370 e. The van der Waals surface area contributed by atoms with Gasteiger partial charge >= 0.3 is 0 Å². The Bertz CT molecular complexity index is 397. The van der Waals surface area contributed by atoms with Crippen molar-refractivity contribution in [1.82, 2.24) is 0 Å². The highest BCUT2D eigenvalue weighted by molar-refractivity contribution is 6.00. The monoisotopic (exact) mass is 209 g/mol. The van der Waals surface area contributed by atoms with Crippen LogP contribution >= 0.6 is 0 Å². The highest BCUT2D eigenvalue weighted by atomic mass is 19.1. The molecule has 0 aliphatic heterocycles. The standard InChI is InChI=1S/C9H12FN5/c1-15(9(13)14-8(11)12)7-4-2-3-6(10)5-7/h2-5H,1H3,(H5,11,12,13,14). The van der Waals surface area contributed by atoms with Crippen molar-refractivity contribution in [3.8, 4) is 0 Å². The molecule has 0 radical (unpaired) electrons. The lowest BCUT2D eigenvalue weighted by atomic mass is 10.3. The zero-order valence-electron chi connectivity index (χ0n) is 8.24. The molecule has 0 aliphatic rings. The summed E-state index contributed by atoms with van der Waals surface area (Å²) in [4.78, 5) is 4.91. The molecule has 0 heterocycles. The fraction of sp³-hybridized carbons (Fsp3) is 0.111. The molecule has 0 atom stereocenters. The number of guanidine groups is 2. The van der Waals surface area contributed by atoms with Gasteiger partial charge in [0.05, 0.1) is 0 Å². The Kier molecular flexibility index (Phi) is 3.22. The van der Waals surface area contributed by atoms with Gasteiger partial charge in [-0.15, -0.1) is 0 Å². The molecule has 5 nitrogen and oxygen atoms in total. The molecular formula is C9H12FN5. The lowest BCUT2D eigenvalue weighted by Gasteiger charge is -2.16. The van der Waals surface area contributed by atoms with Crippen LogP contribution < -0.4 is 16.4 Å². The van der Waals surface area contributed by atoms with Crippen molar-refractivity contribution < 1.29 is 4.39 Å². The van der Waals surface area contributed by atoms with Gasteiger partial charge in [-0.2, -0.15) is 4.99 Å². The second kappa shape index (κ2) is 4.41. The maximum atomic E-state index is 12.9. The lowest BCUT2D eigenvalue weighted by molar-refractivity contribution is 0.628. The van der Waals surface area contributed by atoms with Crippen molar-refractivity contribution >= 4 is 17.6 Å². The van der Waals surface area contributed by atoms with E-state index in [1.807, 2.05) is 0 Å². The second-order valence-corrected chi connectivity index (χ2v) is 2.90. The number of halogens is 1. The molecule has 0 saturated heterocycles. The lowest BCUT2D eigenvalue weighted by Crippen LogP contribution is -2.30. The zero-order valence-corrected chi connectivity index (χ0v) is 8.24. The van der Waals surface area contributed by atoms with E-state index in [1.54, 1.807) is 19.2 Å². The predicted molar refractivity (Wildman–Crippen MR) is 58.3 cm³/mol. The number of rotatable bonds is 1. The van der Waals surface area contributed by atoms with Gasteiger partial charge < -0.3 is 16.4 Å². The number of nitrogens with one attached hydrogen (secondary N) is 1. The van der Waals surface area contributed by atoms with E-state index in [4.69, 9.17) is 16.9 Å². The Hall–Kier alpha value is -2.11. The highest BCUT2D eigenvalue weighted by Crippen LogP contribution is 2.13. The summed E-state index contributed by atoms with van der Waals surface area (Å²) >= 11 is 0. The van der Waals surface area contributed by atoms with Crippen LogP contribution in [0, 0.1) is 11.2 Å². The quantitative estimate of drug-likeness (QED) is 0.463. The summed E-state index contributed by atoms with van der Waals surface area (Å²) in [6.07, 6.45) is 0. The van der Waals surface area contributed by atoms with Crippen molar-refractivity contribution in [2.24, 2.45) is 16.5 Å². The fourth-order valence-electron chi connectivity index (χ4n) is 1.00. The summed E-state index contributed by atoms with van der Waals surface area (Å²) in [6.45, 7) is 0. The average Bonchev–Trinajstić information content (AvgIpc) is 2.15. The molecule has 1 rings (SSSR count). The number of benzene rings is 1. The van der Waals surface area contributed by atoms with E-state index in [-0.39, 0.29) is 17.7 Å². The smallest absolute Gasteiger partial charge is 0.225 e. The van der Waals surface area contributed by atoms with E-state index in [1.165, 1.54) is 17.0 Å². The van der Waals surface area contributed by atoms with Gasteiger partial charge in [0.2, 0.25) is 5.96 Å². The van der Waals surface area contributed by atoms with Crippen molar-refractivity contribution in [1.29, 1.82) is 5.41 Å². The molecule has 0 saturated carbocycles. The summed E-state index contributed by atoms with van der Waals surface area (Å²) in [5.74, 6) is -0.735. The fourth-order valence-corrected chi connectivity index (χ4v) is 1.00. The van der Waals surface area contributed by atoms with Crippen molar-refractivity contribution in [3.63, 3.8) is 0 Å². The van der Waals surface area contributed by atoms with E-state index >= 15 is 0 Å². The minimum Gasteiger partial charge on any atom is -0.370 e. The third-order valence-electron chi connectivity index (χ3n) is 1.75. The van der Waals surface area contributed by atoms with Crippen molar-refractivity contribution in [2.75, 3.05) is 11.9 Å². The Morgan fingerprint density at radius 1 is 1.47 bits per heavy atom. The predicted octanol–water partition coefficient (Wildman–Crippen LogP) is 0.470. The van der Waals surface area contributed by atoms with Crippen LogP contribution in [0.4, 0.5) is 10.1 Å². The van der Waals surface area contributed by atoms with E-state index < -0.39 is 0 Å². The molecule has 0 unspecified atom stereocenters. The summed E-state index contributed by atoms with van der Waals surface area (Å²) < 4.78 is 12.9. The van der Waals surface area contributed by atoms with Gasteiger partial charge in [-0.1, -0.05) is 6.07 Å². The van der Waals surface area contributed by atoms with Gasteiger partial charge in [0.15, 0.2) is 5.96 Å². The molecule has 0 aromatic heterocycles. The van der Waals surface area contributed by atoms with Crippen molar-refractivity contribution in [3.05, 3.63) is 30.1 Å². The van der Waals surface area contributed by atoms with E-state index in [9.17, 15) is 4.39 Å². The first-order valence-electron chi connectivity index (χ1n) is 4.18. The Morgan fingerprint density at radius 3 is 2.67 bits per heavy atom. The molecule has 0 fully saturated rings. The van der Waals surface area contributed by atoms with Crippen LogP contribution in [-0.4, -0.2) is 19.0 Å². The average molecular weight is 209 g/mol. The maximum absolute atomic E-state index is 12.9. The first kappa shape index (κ1) is 11.0. The van der Waals surface area contributed by atoms with Gasteiger partial charge in [-0.3, -0.25) is 5.41 Å². The number of anilines is 1. The SMILES string of the molecule is CN(C(=N)N=C(N)N)c1cccc(F)c1. The van der Waals surface area contributed by atoms with Crippen LogP contribution in [0.2, 0.25) is 0 Å². The number of hydrogen-bond acceptors (Lipinski definition) is 1. The highest BCUT2D eigenvalue weighted by Gasteiger charge is 2.06. The van der Waals surface area contributed by atoms with Crippen molar-refractivity contribution in [2.45, 2.75) is 0 Å². The molecule has 0 amide bonds. The van der Waals surface area contributed by atoms with Crippen LogP contribution in [0.15, 0.2) is 29.3 Å². The number of hydrogen-bond donors (Lipinski definition) is 3. The minimum atomic E-state index is -0.378. The molecule has 15 heavy (non-hydrogen) atoms. The first-order valence-corrected chi connectivity index (χ1v) is 4.18. The zero-order chi connectivity index (χ0) is 11.4. The normalized spacial score (nSPS) is 9.47. The summed E-state index contributed by atoms with van der Waals surface area (Å²) in [7, 11) is 1.57. The summed E-state index contributed by atoms with van der Waals surface area (Å²) in [6, 6.07) is 5.81. The van der Waals surface area contributed by atoms with Crippen LogP contribution in [-0.2, 0) is 0 Å². The summed E-state index contributed by atoms with van der Waals surface area (Å²) in [5.41, 5.74) is 10.8. The third kappa shape index (κ3) is 2.94. The molecule has 6 heteroatoms. The molecule has 80 valence electrons. The number of nitrogens with zero attached hydrogens (tertiary/aromatic N) is 2. The van der Waals surface area contributed by atoms with Gasteiger partial charge in [-0.05, 0) is 18.2 Å². The van der Waals surface area contributed by atoms with Crippen LogP contribution in [0.5, 0.6) is 0 Å². The Labute approximate surface area is 86.7 Å². The van der Waals surface area contributed by atoms with Crippen LogP contribution in [0.1, 0.15) is 0 Å². The Morgan fingerprint density at radius 2 is 2.13 bits per heavy atom. The Balaban J connectivity index is 2.90. The van der Waals surface area contributed by atoms with Gasteiger partial charge in [0.1, 0.15) is 5.82 Å². The molecule has 1 aromatic rings. The van der Waals surface area contributed by atoms with E-state index in [2.05, 4.69) is 4.99 Å². The van der Waals surface area contributed by atoms with Crippen LogP contribution in [0.3, 0.4) is 0 Å². The van der Waals surface area contributed by atoms with Crippen LogP contribution in [0.25, 0.3) is 0 Å². The molecule has 0 bridgehead atoms. The maximum Gasteiger partial charge on any atom is 0.225 e. The van der Waals surface area contributed by atoms with Gasteiger partial charge in [-0.25, -0.2) is 4.39 Å². The second-order valence-electron chi connectivity index (χ2n) is 2.90. The van der Waals surface area contributed by atoms with Gasteiger partial charge in [0, 0.05) is 12.7 Å². The summed E-state index contributed by atoms with van der Waals surface area (Å²) in [5, 5.41) is 7.49. The molecule has 1 aromatic carbocycles. The first-order chi connectivity index (χ1) is 7.00. The third-order valence-corrected chi connectivity index (χ3v) is 1.75. The van der Waals surface area contributed by atoms with Gasteiger partial charge in [0.25, 0.3) is 0 Å². The number of aliphatic imine (C=N–C) groups is 1.